The molecule has 0 unspecified atom stereocenters. The third kappa shape index (κ3) is 2.93. The van der Waals surface area contributed by atoms with Crippen molar-refractivity contribution in [3.8, 4) is 0 Å². The van der Waals surface area contributed by atoms with Gasteiger partial charge in [0.1, 0.15) is 0 Å². The second kappa shape index (κ2) is 5.29. The van der Waals surface area contributed by atoms with Gasteiger partial charge in [0.2, 0.25) is 5.95 Å². The van der Waals surface area contributed by atoms with Gasteiger partial charge >= 0.3 is 0 Å². The normalized spacial score (nSPS) is 26.9. The number of aryl methyl sites for hydroxylation is 1. The molecule has 7 heteroatoms. The molecule has 0 spiro atoms. The van der Waals surface area contributed by atoms with Crippen molar-refractivity contribution in [2.24, 2.45) is 0 Å². The first-order valence-electron chi connectivity index (χ1n) is 7.02. The summed E-state index contributed by atoms with van der Waals surface area (Å²) < 4.78 is 23.1. The molecule has 1 aromatic heterocycles. The molecule has 2 aliphatic rings. The van der Waals surface area contributed by atoms with E-state index < -0.39 is 9.84 Å². The molecule has 2 aliphatic heterocycles. The summed E-state index contributed by atoms with van der Waals surface area (Å²) in [6.45, 7) is 5.46. The predicted octanol–water partition coefficient (Wildman–Crippen LogP) is 0.0941. The van der Waals surface area contributed by atoms with Crippen LogP contribution < -0.4 is 4.90 Å². The van der Waals surface area contributed by atoms with Crippen LogP contribution in [0.4, 0.5) is 5.95 Å². The standard InChI is InChI=1S/C13H20N4O2S/c1-11-2-4-14-13(15-11)17-7-5-16(6-8-17)12-3-9-20(18,19)10-12/h2,4,12H,3,5-10H2,1H3/t12-/m1/s1. The fourth-order valence-electron chi connectivity index (χ4n) is 2.94. The molecule has 2 fully saturated rings. The molecule has 20 heavy (non-hydrogen) atoms. The number of rotatable bonds is 2. The van der Waals surface area contributed by atoms with E-state index in [0.717, 1.165) is 44.2 Å². The lowest BCUT2D eigenvalue weighted by Gasteiger charge is -2.37. The SMILES string of the molecule is Cc1ccnc(N2CCN([C@@H]3CCS(=O)(=O)C3)CC2)n1. The Morgan fingerprint density at radius 2 is 2.00 bits per heavy atom. The highest BCUT2D eigenvalue weighted by atomic mass is 32.2. The lowest BCUT2D eigenvalue weighted by Crippen LogP contribution is -2.51. The molecule has 0 radical (unpaired) electrons. The monoisotopic (exact) mass is 296 g/mol. The van der Waals surface area contributed by atoms with Crippen LogP contribution in [-0.2, 0) is 9.84 Å². The van der Waals surface area contributed by atoms with Gasteiger partial charge in [-0.05, 0) is 19.4 Å². The van der Waals surface area contributed by atoms with Gasteiger partial charge in [0, 0.05) is 44.1 Å². The smallest absolute Gasteiger partial charge is 0.225 e. The predicted molar refractivity (Wildman–Crippen MR) is 77.6 cm³/mol. The van der Waals surface area contributed by atoms with Gasteiger partial charge in [0.05, 0.1) is 11.5 Å². The summed E-state index contributed by atoms with van der Waals surface area (Å²) in [6.07, 6.45) is 2.57. The fraction of sp³-hybridized carbons (Fsp3) is 0.692. The number of hydrogen-bond acceptors (Lipinski definition) is 6. The van der Waals surface area contributed by atoms with Crippen LogP contribution in [0.5, 0.6) is 0 Å². The highest BCUT2D eigenvalue weighted by Crippen LogP contribution is 2.20. The summed E-state index contributed by atoms with van der Waals surface area (Å²) in [5, 5.41) is 0. The first kappa shape index (κ1) is 13.8. The molecular formula is C13H20N4O2S. The van der Waals surface area contributed by atoms with Crippen molar-refractivity contribution < 1.29 is 8.42 Å². The van der Waals surface area contributed by atoms with Crippen molar-refractivity contribution in [2.75, 3.05) is 42.6 Å². The summed E-state index contributed by atoms with van der Waals surface area (Å²) in [7, 11) is -2.80. The van der Waals surface area contributed by atoms with Crippen LogP contribution in [0.3, 0.4) is 0 Å². The fourth-order valence-corrected chi connectivity index (χ4v) is 4.70. The molecule has 0 saturated carbocycles. The number of piperazine rings is 1. The minimum Gasteiger partial charge on any atom is -0.338 e. The van der Waals surface area contributed by atoms with Crippen molar-refractivity contribution >= 4 is 15.8 Å². The van der Waals surface area contributed by atoms with Gasteiger partial charge in [-0.2, -0.15) is 0 Å². The molecule has 110 valence electrons. The van der Waals surface area contributed by atoms with Crippen LogP contribution in [0.25, 0.3) is 0 Å². The van der Waals surface area contributed by atoms with E-state index in [1.165, 1.54) is 0 Å². The first-order chi connectivity index (χ1) is 9.53. The summed E-state index contributed by atoms with van der Waals surface area (Å²) in [4.78, 5) is 13.2. The molecule has 0 amide bonds. The van der Waals surface area contributed by atoms with E-state index in [1.807, 2.05) is 13.0 Å². The lowest BCUT2D eigenvalue weighted by atomic mass is 10.2. The minimum atomic E-state index is -2.80. The average Bonchev–Trinajstić information content (AvgIpc) is 2.79. The Labute approximate surface area is 119 Å². The van der Waals surface area contributed by atoms with E-state index in [-0.39, 0.29) is 6.04 Å². The summed E-state index contributed by atoms with van der Waals surface area (Å²) in [5.74, 6) is 1.45. The van der Waals surface area contributed by atoms with E-state index in [0.29, 0.717) is 11.5 Å². The zero-order chi connectivity index (χ0) is 14.2. The van der Waals surface area contributed by atoms with E-state index in [2.05, 4.69) is 19.8 Å². The Bertz CT molecular complexity index is 582. The maximum Gasteiger partial charge on any atom is 0.225 e. The Morgan fingerprint density at radius 1 is 1.25 bits per heavy atom. The highest BCUT2D eigenvalue weighted by Gasteiger charge is 2.33. The molecule has 0 bridgehead atoms. The summed E-state index contributed by atoms with van der Waals surface area (Å²) >= 11 is 0. The van der Waals surface area contributed by atoms with Crippen LogP contribution in [0.1, 0.15) is 12.1 Å². The molecule has 3 rings (SSSR count). The molecule has 1 aromatic rings. The van der Waals surface area contributed by atoms with Crippen LogP contribution in [0, 0.1) is 6.92 Å². The van der Waals surface area contributed by atoms with E-state index in [9.17, 15) is 8.42 Å². The van der Waals surface area contributed by atoms with Gasteiger partial charge in [-0.1, -0.05) is 0 Å². The zero-order valence-corrected chi connectivity index (χ0v) is 12.5. The molecular weight excluding hydrogens is 276 g/mol. The number of hydrogen-bond donors (Lipinski definition) is 0. The van der Waals surface area contributed by atoms with Crippen LogP contribution in [-0.4, -0.2) is 67.0 Å². The van der Waals surface area contributed by atoms with Crippen LogP contribution in [0.2, 0.25) is 0 Å². The van der Waals surface area contributed by atoms with Gasteiger partial charge < -0.3 is 4.90 Å². The van der Waals surface area contributed by atoms with Gasteiger partial charge in [-0.25, -0.2) is 18.4 Å². The third-order valence-electron chi connectivity index (χ3n) is 4.10. The third-order valence-corrected chi connectivity index (χ3v) is 5.85. The van der Waals surface area contributed by atoms with Crippen molar-refractivity contribution in [1.82, 2.24) is 14.9 Å². The molecule has 0 aromatic carbocycles. The van der Waals surface area contributed by atoms with Crippen molar-refractivity contribution in [3.05, 3.63) is 18.0 Å². The summed E-state index contributed by atoms with van der Waals surface area (Å²) in [6, 6.07) is 2.10. The summed E-state index contributed by atoms with van der Waals surface area (Å²) in [5.41, 5.74) is 0.972. The lowest BCUT2D eigenvalue weighted by molar-refractivity contribution is 0.200. The van der Waals surface area contributed by atoms with Gasteiger partial charge in [0.25, 0.3) is 0 Å². The molecule has 1 atom stereocenters. The maximum absolute atomic E-state index is 11.5. The zero-order valence-electron chi connectivity index (χ0n) is 11.7. The molecule has 6 nitrogen and oxygen atoms in total. The Balaban J connectivity index is 1.60. The van der Waals surface area contributed by atoms with Gasteiger partial charge in [-0.15, -0.1) is 0 Å². The van der Waals surface area contributed by atoms with Crippen molar-refractivity contribution in [3.63, 3.8) is 0 Å². The largest absolute Gasteiger partial charge is 0.338 e. The highest BCUT2D eigenvalue weighted by molar-refractivity contribution is 7.91. The minimum absolute atomic E-state index is 0.209. The first-order valence-corrected chi connectivity index (χ1v) is 8.85. The molecule has 3 heterocycles. The van der Waals surface area contributed by atoms with E-state index in [1.54, 1.807) is 6.20 Å². The molecule has 0 N–H and O–H groups in total. The molecule has 2 saturated heterocycles. The van der Waals surface area contributed by atoms with Crippen molar-refractivity contribution in [1.29, 1.82) is 0 Å². The number of aromatic nitrogens is 2. The average molecular weight is 296 g/mol. The Kier molecular flexibility index (Phi) is 3.64. The molecule has 0 aliphatic carbocycles. The van der Waals surface area contributed by atoms with E-state index >= 15 is 0 Å². The second-order valence-electron chi connectivity index (χ2n) is 5.58. The van der Waals surface area contributed by atoms with Crippen LogP contribution >= 0.6 is 0 Å². The Hall–Kier alpha value is -1.21. The van der Waals surface area contributed by atoms with E-state index in [4.69, 9.17) is 0 Å². The Morgan fingerprint density at radius 3 is 2.60 bits per heavy atom. The van der Waals surface area contributed by atoms with Gasteiger partial charge in [-0.3, -0.25) is 4.90 Å². The van der Waals surface area contributed by atoms with Crippen LogP contribution in [0.15, 0.2) is 12.3 Å². The van der Waals surface area contributed by atoms with Crippen molar-refractivity contribution in [2.45, 2.75) is 19.4 Å². The number of sulfone groups is 1. The second-order valence-corrected chi connectivity index (χ2v) is 7.81. The number of anilines is 1. The quantitative estimate of drug-likeness (QED) is 0.771. The topological polar surface area (TPSA) is 66.4 Å². The number of nitrogens with zero attached hydrogens (tertiary/aromatic N) is 4. The maximum atomic E-state index is 11.5. The van der Waals surface area contributed by atoms with Gasteiger partial charge in [0.15, 0.2) is 9.84 Å².